The third kappa shape index (κ3) is 5.12. The highest BCUT2D eigenvalue weighted by Crippen LogP contribution is 2.57. The van der Waals surface area contributed by atoms with Crippen LogP contribution in [0.4, 0.5) is 33.4 Å². The molecule has 3 heterocycles. The van der Waals surface area contributed by atoms with Crippen molar-refractivity contribution in [2.24, 2.45) is 0 Å². The lowest BCUT2D eigenvalue weighted by Crippen LogP contribution is -2.61. The largest absolute Gasteiger partial charge is 0.311 e. The predicted molar refractivity (Wildman–Crippen MR) is 237 cm³/mol. The summed E-state index contributed by atoms with van der Waals surface area (Å²) in [5.74, 6) is 0. The lowest BCUT2D eigenvalue weighted by Gasteiger charge is -2.44. The molecule has 0 amide bonds. The Morgan fingerprint density at radius 3 is 1.65 bits per heavy atom. The van der Waals surface area contributed by atoms with E-state index in [0.29, 0.717) is 0 Å². The van der Waals surface area contributed by atoms with Gasteiger partial charge in [0.05, 0.1) is 5.00 Å². The summed E-state index contributed by atoms with van der Waals surface area (Å²) in [6.45, 7) is 28.1. The van der Waals surface area contributed by atoms with Gasteiger partial charge in [0.15, 0.2) is 0 Å². The first-order valence-corrected chi connectivity index (χ1v) is 20.5. The Kier molecular flexibility index (Phi) is 7.49. The smallest absolute Gasteiger partial charge is 0.254 e. The lowest BCUT2D eigenvalue weighted by molar-refractivity contribution is 0.590. The summed E-state index contributed by atoms with van der Waals surface area (Å²) in [5.41, 5.74) is 20.2. The van der Waals surface area contributed by atoms with Crippen molar-refractivity contribution < 1.29 is 0 Å². The number of aryl methyl sites for hydroxylation is 1. The average Bonchev–Trinajstić information content (AvgIpc) is 3.60. The molecule has 3 aliphatic rings. The first-order chi connectivity index (χ1) is 25.4. The number of benzene rings is 5. The molecule has 272 valence electrons. The van der Waals surface area contributed by atoms with Crippen LogP contribution in [0.25, 0.3) is 11.1 Å². The number of anilines is 6. The Morgan fingerprint density at radius 2 is 1.07 bits per heavy atom. The molecule has 5 aromatic carbocycles. The Hall–Kier alpha value is -4.54. The Morgan fingerprint density at radius 1 is 0.556 bits per heavy atom. The normalized spacial score (nSPS) is 15.4. The zero-order valence-electron chi connectivity index (χ0n) is 34.2. The molecule has 2 aliphatic heterocycles. The first-order valence-electron chi connectivity index (χ1n) is 19.7. The minimum absolute atomic E-state index is 0.00805. The van der Waals surface area contributed by atoms with E-state index >= 15 is 0 Å². The molecule has 1 aromatic heterocycles. The van der Waals surface area contributed by atoms with Crippen molar-refractivity contribution in [2.45, 2.75) is 105 Å². The zero-order chi connectivity index (χ0) is 38.3. The zero-order valence-corrected chi connectivity index (χ0v) is 35.0. The van der Waals surface area contributed by atoms with Crippen molar-refractivity contribution in [3.63, 3.8) is 0 Å². The molecule has 9 rings (SSSR count). The second kappa shape index (κ2) is 11.5. The minimum Gasteiger partial charge on any atom is -0.311 e. The SMILES string of the molecule is Cc1cc2c3c(c1)N(c1ccc(C(C)(C)C)cc1)c1sc4c(c1B3c1cc(C(C)(C)C)ccc1N2c1ccc(C(C)(C)C)cc1)-c1ccccc1C4(C)C. The Bertz CT molecular complexity index is 2480. The molecule has 0 unspecified atom stereocenters. The van der Waals surface area contributed by atoms with Crippen LogP contribution in [0.15, 0.2) is 103 Å². The summed E-state index contributed by atoms with van der Waals surface area (Å²) in [5, 5.41) is 1.36. The van der Waals surface area contributed by atoms with Gasteiger partial charge < -0.3 is 9.80 Å². The van der Waals surface area contributed by atoms with Crippen LogP contribution in [0.2, 0.25) is 0 Å². The second-order valence-electron chi connectivity index (χ2n) is 19.6. The van der Waals surface area contributed by atoms with E-state index in [4.69, 9.17) is 0 Å². The van der Waals surface area contributed by atoms with Gasteiger partial charge >= 0.3 is 0 Å². The van der Waals surface area contributed by atoms with Crippen molar-refractivity contribution >= 4 is 67.9 Å². The van der Waals surface area contributed by atoms with Gasteiger partial charge in [-0.1, -0.05) is 137 Å². The van der Waals surface area contributed by atoms with Crippen molar-refractivity contribution in [2.75, 3.05) is 9.80 Å². The summed E-state index contributed by atoms with van der Waals surface area (Å²) in [6, 6.07) is 40.2. The van der Waals surface area contributed by atoms with Gasteiger partial charge in [0.2, 0.25) is 0 Å². The summed E-state index contributed by atoms with van der Waals surface area (Å²) in [7, 11) is 0. The minimum atomic E-state index is -0.0911. The van der Waals surface area contributed by atoms with Crippen molar-refractivity contribution in [3.05, 3.63) is 136 Å². The highest BCUT2D eigenvalue weighted by molar-refractivity contribution is 7.21. The van der Waals surface area contributed by atoms with Gasteiger partial charge in [0, 0.05) is 38.7 Å². The van der Waals surface area contributed by atoms with E-state index in [0.717, 1.165) is 0 Å². The highest BCUT2D eigenvalue weighted by atomic mass is 32.1. The van der Waals surface area contributed by atoms with Crippen LogP contribution in [0.3, 0.4) is 0 Å². The standard InChI is InChI=1S/C50H53BN2S/c1-30-27-40-43-41(28-30)53(35-24-19-32(20-25-35)48(5,6)7)46-44(42-36-15-13-14-16-37(36)50(11,12)45(42)54-46)51(43)38-29-33(49(8,9)10)21-26-39(38)52(40)34-22-17-31(18-23-34)47(2,3)4/h13-29H,1-12H3. The molecular weight excluding hydrogens is 671 g/mol. The molecule has 54 heavy (non-hydrogen) atoms. The maximum atomic E-state index is 2.62. The highest BCUT2D eigenvalue weighted by Gasteiger charge is 2.50. The van der Waals surface area contributed by atoms with Crippen LogP contribution in [-0.2, 0) is 21.7 Å². The molecule has 6 aromatic rings. The first kappa shape index (κ1) is 35.2. The number of rotatable bonds is 2. The number of thiophene rings is 1. The van der Waals surface area contributed by atoms with E-state index in [2.05, 4.69) is 196 Å². The predicted octanol–water partition coefficient (Wildman–Crippen LogP) is 12.3. The maximum absolute atomic E-state index is 2.62. The molecule has 4 heteroatoms. The monoisotopic (exact) mass is 724 g/mol. The fraction of sp³-hybridized carbons (Fsp3) is 0.320. The van der Waals surface area contributed by atoms with E-state index in [-0.39, 0.29) is 28.4 Å². The molecule has 0 saturated carbocycles. The van der Waals surface area contributed by atoms with Gasteiger partial charge in [-0.3, -0.25) is 0 Å². The summed E-state index contributed by atoms with van der Waals surface area (Å²) in [4.78, 5) is 6.66. The molecule has 0 saturated heterocycles. The van der Waals surface area contributed by atoms with Crippen molar-refractivity contribution in [3.8, 4) is 11.1 Å². The van der Waals surface area contributed by atoms with Crippen LogP contribution < -0.4 is 26.2 Å². The van der Waals surface area contributed by atoms with Gasteiger partial charge in [-0.15, -0.1) is 11.3 Å². The molecule has 1 aliphatic carbocycles. The third-order valence-corrected chi connectivity index (χ3v) is 13.8. The van der Waals surface area contributed by atoms with E-state index in [1.54, 1.807) is 0 Å². The Labute approximate surface area is 328 Å². The molecular formula is C50H53BN2S. The molecule has 0 spiro atoms. The van der Waals surface area contributed by atoms with Crippen LogP contribution in [-0.4, -0.2) is 6.71 Å². The molecule has 0 atom stereocenters. The third-order valence-electron chi connectivity index (χ3n) is 12.3. The van der Waals surface area contributed by atoms with Crippen LogP contribution in [0.1, 0.15) is 109 Å². The van der Waals surface area contributed by atoms with Gasteiger partial charge in [-0.25, -0.2) is 0 Å². The van der Waals surface area contributed by atoms with Crippen molar-refractivity contribution in [1.82, 2.24) is 0 Å². The fourth-order valence-corrected chi connectivity index (χ4v) is 10.8. The number of nitrogens with zero attached hydrogens (tertiary/aromatic N) is 2. The van der Waals surface area contributed by atoms with Gasteiger partial charge in [-0.05, 0) is 121 Å². The fourth-order valence-electron chi connectivity index (χ4n) is 9.27. The van der Waals surface area contributed by atoms with E-state index in [9.17, 15) is 0 Å². The lowest BCUT2D eigenvalue weighted by atomic mass is 9.33. The van der Waals surface area contributed by atoms with Crippen LogP contribution in [0.5, 0.6) is 0 Å². The van der Waals surface area contributed by atoms with Crippen LogP contribution in [0, 0.1) is 6.92 Å². The topological polar surface area (TPSA) is 6.48 Å². The van der Waals surface area contributed by atoms with Gasteiger partial charge in [-0.2, -0.15) is 0 Å². The quantitative estimate of drug-likeness (QED) is 0.164. The van der Waals surface area contributed by atoms with Gasteiger partial charge in [0.25, 0.3) is 6.71 Å². The Balaban J connectivity index is 1.40. The van der Waals surface area contributed by atoms with E-state index in [1.165, 1.54) is 93.6 Å². The van der Waals surface area contributed by atoms with Gasteiger partial charge in [0.1, 0.15) is 0 Å². The molecule has 0 N–H and O–H groups in total. The number of hydrogen-bond acceptors (Lipinski definition) is 3. The molecule has 0 bridgehead atoms. The van der Waals surface area contributed by atoms with E-state index < -0.39 is 0 Å². The summed E-state index contributed by atoms with van der Waals surface area (Å²) < 4.78 is 0. The summed E-state index contributed by atoms with van der Waals surface area (Å²) in [6.07, 6.45) is 0. The number of fused-ring (bicyclic) bond motifs is 8. The van der Waals surface area contributed by atoms with E-state index in [1.807, 2.05) is 11.3 Å². The van der Waals surface area contributed by atoms with Crippen molar-refractivity contribution in [1.29, 1.82) is 0 Å². The second-order valence-corrected chi connectivity index (χ2v) is 20.6. The maximum Gasteiger partial charge on any atom is 0.254 e. The molecule has 0 radical (unpaired) electrons. The van der Waals surface area contributed by atoms with Crippen LogP contribution >= 0.6 is 11.3 Å². The average molecular weight is 725 g/mol. The molecule has 2 nitrogen and oxygen atoms in total. The summed E-state index contributed by atoms with van der Waals surface area (Å²) >= 11 is 2.02. The molecule has 0 fully saturated rings. The number of hydrogen-bond donors (Lipinski definition) is 0.